The highest BCUT2D eigenvalue weighted by atomic mass is 16.5. The highest BCUT2D eigenvalue weighted by Crippen LogP contribution is 2.28. The van der Waals surface area contributed by atoms with Crippen molar-refractivity contribution in [2.45, 2.75) is 39.5 Å². The third-order valence-electron chi connectivity index (χ3n) is 3.02. The molecule has 1 aromatic rings. The van der Waals surface area contributed by atoms with Crippen LogP contribution in [0.3, 0.4) is 0 Å². The Morgan fingerprint density at radius 3 is 2.70 bits per heavy atom. The third-order valence-corrected chi connectivity index (χ3v) is 3.02. The number of methoxy groups -OCH3 is 1. The van der Waals surface area contributed by atoms with E-state index in [0.717, 1.165) is 36.4 Å². The van der Waals surface area contributed by atoms with Crippen molar-refractivity contribution in [3.05, 3.63) is 23.8 Å². The van der Waals surface area contributed by atoms with E-state index in [-0.39, 0.29) is 5.91 Å². The number of amides is 1. The van der Waals surface area contributed by atoms with Gasteiger partial charge in [-0.15, -0.1) is 0 Å². The van der Waals surface area contributed by atoms with Crippen LogP contribution >= 0.6 is 0 Å². The van der Waals surface area contributed by atoms with Gasteiger partial charge in [0, 0.05) is 13.0 Å². The van der Waals surface area contributed by atoms with Crippen LogP contribution in [0.5, 0.6) is 11.5 Å². The second-order valence-electron chi connectivity index (χ2n) is 4.62. The minimum atomic E-state index is 0.103. The van der Waals surface area contributed by atoms with E-state index in [0.29, 0.717) is 19.4 Å². The average molecular weight is 279 g/mol. The maximum atomic E-state index is 11.6. The van der Waals surface area contributed by atoms with E-state index in [2.05, 4.69) is 12.2 Å². The molecule has 0 saturated heterocycles. The summed E-state index contributed by atoms with van der Waals surface area (Å²) in [6.07, 6.45) is 3.33. The Hall–Kier alpha value is -1.71. The zero-order chi connectivity index (χ0) is 14.8. The van der Waals surface area contributed by atoms with E-state index in [4.69, 9.17) is 9.47 Å². The molecule has 20 heavy (non-hydrogen) atoms. The lowest BCUT2D eigenvalue weighted by molar-refractivity contribution is -0.121. The van der Waals surface area contributed by atoms with Gasteiger partial charge >= 0.3 is 0 Å². The Labute approximate surface area is 121 Å². The first-order valence-corrected chi connectivity index (χ1v) is 7.27. The van der Waals surface area contributed by atoms with Crippen molar-refractivity contribution in [1.82, 2.24) is 5.32 Å². The first kappa shape index (κ1) is 16.3. The number of hydrogen-bond donors (Lipinski definition) is 1. The van der Waals surface area contributed by atoms with Crippen LogP contribution in [-0.4, -0.2) is 26.2 Å². The first-order chi connectivity index (χ1) is 9.71. The largest absolute Gasteiger partial charge is 0.493 e. The summed E-state index contributed by atoms with van der Waals surface area (Å²) in [5.41, 5.74) is 1.08. The van der Waals surface area contributed by atoms with E-state index in [1.165, 1.54) is 0 Å². The number of aryl methyl sites for hydroxylation is 1. The van der Waals surface area contributed by atoms with E-state index in [9.17, 15) is 4.79 Å². The quantitative estimate of drug-likeness (QED) is 0.707. The molecule has 0 atom stereocenters. The van der Waals surface area contributed by atoms with Crippen molar-refractivity contribution in [3.63, 3.8) is 0 Å². The van der Waals surface area contributed by atoms with E-state index < -0.39 is 0 Å². The van der Waals surface area contributed by atoms with Gasteiger partial charge in [0.25, 0.3) is 0 Å². The fraction of sp³-hybridized carbons (Fsp3) is 0.562. The number of benzene rings is 1. The Morgan fingerprint density at radius 2 is 2.05 bits per heavy atom. The number of ether oxygens (including phenoxy) is 2. The molecule has 1 amide bonds. The van der Waals surface area contributed by atoms with Crippen LogP contribution in [0.4, 0.5) is 0 Å². The van der Waals surface area contributed by atoms with E-state index in [1.807, 2.05) is 25.1 Å². The lowest BCUT2D eigenvalue weighted by Crippen LogP contribution is -2.24. The standard InChI is InChI=1S/C16H25NO3/c1-4-6-11-17-16(18)10-8-13-7-9-14(20-5-2)15(12-13)19-3/h7,9,12H,4-6,8,10-11H2,1-3H3,(H,17,18). The van der Waals surface area contributed by atoms with Crippen molar-refractivity contribution in [2.75, 3.05) is 20.3 Å². The predicted molar refractivity (Wildman–Crippen MR) is 80.4 cm³/mol. The lowest BCUT2D eigenvalue weighted by atomic mass is 10.1. The molecule has 0 aliphatic rings. The number of nitrogens with one attached hydrogen (secondary N) is 1. The van der Waals surface area contributed by atoms with Gasteiger partial charge in [0.1, 0.15) is 0 Å². The summed E-state index contributed by atoms with van der Waals surface area (Å²) >= 11 is 0. The predicted octanol–water partition coefficient (Wildman–Crippen LogP) is 2.94. The zero-order valence-corrected chi connectivity index (χ0v) is 12.7. The summed E-state index contributed by atoms with van der Waals surface area (Å²) in [5.74, 6) is 1.56. The normalized spacial score (nSPS) is 10.2. The molecule has 4 nitrogen and oxygen atoms in total. The van der Waals surface area contributed by atoms with Crippen LogP contribution in [0.2, 0.25) is 0 Å². The fourth-order valence-electron chi connectivity index (χ4n) is 1.89. The van der Waals surface area contributed by atoms with Gasteiger partial charge in [-0.1, -0.05) is 19.4 Å². The molecular formula is C16H25NO3. The molecule has 1 N–H and O–H groups in total. The fourth-order valence-corrected chi connectivity index (χ4v) is 1.89. The maximum absolute atomic E-state index is 11.6. The van der Waals surface area contributed by atoms with Crippen LogP contribution in [0, 0.1) is 0 Å². The molecule has 0 unspecified atom stereocenters. The molecule has 0 saturated carbocycles. The van der Waals surface area contributed by atoms with Crippen molar-refractivity contribution < 1.29 is 14.3 Å². The number of rotatable bonds is 9. The Kier molecular flexibility index (Phi) is 7.55. The minimum absolute atomic E-state index is 0.103. The van der Waals surface area contributed by atoms with Gasteiger partial charge in [0.2, 0.25) is 5.91 Å². The van der Waals surface area contributed by atoms with Gasteiger partial charge in [0.05, 0.1) is 13.7 Å². The smallest absolute Gasteiger partial charge is 0.220 e. The summed E-state index contributed by atoms with van der Waals surface area (Å²) in [7, 11) is 1.62. The highest BCUT2D eigenvalue weighted by Gasteiger charge is 2.07. The molecule has 0 radical (unpaired) electrons. The molecule has 1 rings (SSSR count). The van der Waals surface area contributed by atoms with Gasteiger partial charge in [-0.3, -0.25) is 4.79 Å². The zero-order valence-electron chi connectivity index (χ0n) is 12.7. The molecule has 112 valence electrons. The topological polar surface area (TPSA) is 47.6 Å². The van der Waals surface area contributed by atoms with Crippen molar-refractivity contribution >= 4 is 5.91 Å². The first-order valence-electron chi connectivity index (χ1n) is 7.27. The number of carbonyl (C=O) groups is 1. The Balaban J connectivity index is 2.49. The van der Waals surface area contributed by atoms with E-state index >= 15 is 0 Å². The van der Waals surface area contributed by atoms with Crippen molar-refractivity contribution in [2.24, 2.45) is 0 Å². The monoisotopic (exact) mass is 279 g/mol. The summed E-state index contributed by atoms with van der Waals surface area (Å²) in [6, 6.07) is 5.81. The van der Waals surface area contributed by atoms with Gasteiger partial charge in [-0.25, -0.2) is 0 Å². The highest BCUT2D eigenvalue weighted by molar-refractivity contribution is 5.76. The number of carbonyl (C=O) groups excluding carboxylic acids is 1. The van der Waals surface area contributed by atoms with Crippen molar-refractivity contribution in [3.8, 4) is 11.5 Å². The maximum Gasteiger partial charge on any atom is 0.220 e. The molecule has 0 aliphatic heterocycles. The van der Waals surface area contributed by atoms with Gasteiger partial charge in [-0.2, -0.15) is 0 Å². The molecular weight excluding hydrogens is 254 g/mol. The van der Waals surface area contributed by atoms with Crippen LogP contribution in [0.15, 0.2) is 18.2 Å². The van der Waals surface area contributed by atoms with Gasteiger partial charge in [-0.05, 0) is 37.5 Å². The molecule has 0 bridgehead atoms. The third kappa shape index (κ3) is 5.51. The van der Waals surface area contributed by atoms with E-state index in [1.54, 1.807) is 7.11 Å². The molecule has 1 aromatic carbocycles. The SMILES string of the molecule is CCCCNC(=O)CCc1ccc(OCC)c(OC)c1. The second-order valence-corrected chi connectivity index (χ2v) is 4.62. The Morgan fingerprint density at radius 1 is 1.25 bits per heavy atom. The Bertz CT molecular complexity index is 418. The number of hydrogen-bond acceptors (Lipinski definition) is 3. The lowest BCUT2D eigenvalue weighted by Gasteiger charge is -2.11. The van der Waals surface area contributed by atoms with Gasteiger partial charge in [0.15, 0.2) is 11.5 Å². The molecule has 0 heterocycles. The minimum Gasteiger partial charge on any atom is -0.493 e. The summed E-state index contributed by atoms with van der Waals surface area (Å²) < 4.78 is 10.8. The average Bonchev–Trinajstić information content (AvgIpc) is 2.46. The molecule has 0 aliphatic carbocycles. The molecule has 4 heteroatoms. The van der Waals surface area contributed by atoms with Crippen molar-refractivity contribution in [1.29, 1.82) is 0 Å². The summed E-state index contributed by atoms with van der Waals surface area (Å²) in [6.45, 7) is 5.42. The van der Waals surface area contributed by atoms with Crippen LogP contribution in [0.25, 0.3) is 0 Å². The van der Waals surface area contributed by atoms with Crippen LogP contribution in [0.1, 0.15) is 38.7 Å². The molecule has 0 fully saturated rings. The summed E-state index contributed by atoms with van der Waals surface area (Å²) in [5, 5.41) is 2.92. The molecule has 0 aromatic heterocycles. The van der Waals surface area contributed by atoms with Crippen LogP contribution in [-0.2, 0) is 11.2 Å². The molecule has 0 spiro atoms. The van der Waals surface area contributed by atoms with Crippen LogP contribution < -0.4 is 14.8 Å². The summed E-state index contributed by atoms with van der Waals surface area (Å²) in [4.78, 5) is 11.6. The second kappa shape index (κ2) is 9.23. The number of unbranched alkanes of at least 4 members (excludes halogenated alkanes) is 1. The van der Waals surface area contributed by atoms with Gasteiger partial charge < -0.3 is 14.8 Å².